The zero-order valence-electron chi connectivity index (χ0n) is 14.9. The van der Waals surface area contributed by atoms with Crippen LogP contribution in [-0.4, -0.2) is 56.9 Å². The van der Waals surface area contributed by atoms with Crippen LogP contribution in [0.15, 0.2) is 24.3 Å². The van der Waals surface area contributed by atoms with Crippen molar-refractivity contribution in [2.45, 2.75) is 32.8 Å². The number of nitrogens with zero attached hydrogens (tertiary/aromatic N) is 1. The lowest BCUT2D eigenvalue weighted by molar-refractivity contribution is -0.131. The van der Waals surface area contributed by atoms with E-state index in [0.29, 0.717) is 32.7 Å². The molecule has 0 saturated carbocycles. The maximum atomic E-state index is 12.4. The van der Waals surface area contributed by atoms with Crippen LogP contribution in [0.25, 0.3) is 0 Å². The summed E-state index contributed by atoms with van der Waals surface area (Å²) in [6.45, 7) is 8.21. The molecule has 0 aliphatic rings. The minimum atomic E-state index is -0.228. The van der Waals surface area contributed by atoms with Crippen LogP contribution in [0.1, 0.15) is 26.3 Å². The Morgan fingerprint density at radius 1 is 1.00 bits per heavy atom. The molecule has 1 aromatic rings. The van der Waals surface area contributed by atoms with E-state index >= 15 is 0 Å². The average Bonchev–Trinajstić information content (AvgIpc) is 2.48. The molecule has 0 unspecified atom stereocenters. The molecule has 0 bridgehead atoms. The fourth-order valence-corrected chi connectivity index (χ4v) is 2.08. The molecule has 0 saturated heterocycles. The van der Waals surface area contributed by atoms with Crippen LogP contribution < -0.4 is 4.74 Å². The van der Waals surface area contributed by atoms with Crippen molar-refractivity contribution in [3.8, 4) is 5.75 Å². The molecule has 5 nitrogen and oxygen atoms in total. The number of carbonyl (C=O) groups excluding carboxylic acids is 1. The SMILES string of the molecule is COCCN(CCOC)C(=O)Cc1ccc(OC(C)(C)C)cc1. The molecule has 23 heavy (non-hydrogen) atoms. The number of hydrogen-bond acceptors (Lipinski definition) is 4. The second kappa shape index (κ2) is 9.53. The first-order valence-electron chi connectivity index (χ1n) is 7.89. The van der Waals surface area contributed by atoms with Gasteiger partial charge in [-0.05, 0) is 38.5 Å². The molecule has 0 atom stereocenters. The number of carbonyl (C=O) groups is 1. The topological polar surface area (TPSA) is 48.0 Å². The van der Waals surface area contributed by atoms with E-state index in [4.69, 9.17) is 14.2 Å². The summed E-state index contributed by atoms with van der Waals surface area (Å²) in [6.07, 6.45) is 0.364. The minimum Gasteiger partial charge on any atom is -0.488 e. The van der Waals surface area contributed by atoms with Crippen molar-refractivity contribution in [3.05, 3.63) is 29.8 Å². The van der Waals surface area contributed by atoms with Crippen molar-refractivity contribution in [3.63, 3.8) is 0 Å². The van der Waals surface area contributed by atoms with Crippen LogP contribution in [0.5, 0.6) is 5.75 Å². The lowest BCUT2D eigenvalue weighted by Crippen LogP contribution is -2.37. The molecule has 0 aliphatic carbocycles. The summed E-state index contributed by atoms with van der Waals surface area (Å²) in [6, 6.07) is 7.68. The van der Waals surface area contributed by atoms with Gasteiger partial charge in [0.15, 0.2) is 0 Å². The lowest BCUT2D eigenvalue weighted by atomic mass is 10.1. The molecule has 130 valence electrons. The van der Waals surface area contributed by atoms with Crippen LogP contribution in [0.3, 0.4) is 0 Å². The second-order valence-corrected chi connectivity index (χ2v) is 6.40. The number of amides is 1. The normalized spacial score (nSPS) is 11.3. The van der Waals surface area contributed by atoms with E-state index in [1.54, 1.807) is 19.1 Å². The monoisotopic (exact) mass is 323 g/mol. The van der Waals surface area contributed by atoms with E-state index in [9.17, 15) is 4.79 Å². The summed E-state index contributed by atoms with van der Waals surface area (Å²) >= 11 is 0. The van der Waals surface area contributed by atoms with E-state index < -0.39 is 0 Å². The molecule has 5 heteroatoms. The average molecular weight is 323 g/mol. The van der Waals surface area contributed by atoms with Crippen molar-refractivity contribution in [2.24, 2.45) is 0 Å². The van der Waals surface area contributed by atoms with Gasteiger partial charge in [-0.15, -0.1) is 0 Å². The summed E-state index contributed by atoms with van der Waals surface area (Å²) in [4.78, 5) is 14.2. The van der Waals surface area contributed by atoms with Gasteiger partial charge in [0.1, 0.15) is 11.4 Å². The highest BCUT2D eigenvalue weighted by Gasteiger charge is 2.15. The molecule has 1 amide bonds. The Bertz CT molecular complexity index is 457. The first-order chi connectivity index (χ1) is 10.9. The van der Waals surface area contributed by atoms with Crippen molar-refractivity contribution in [1.82, 2.24) is 4.90 Å². The lowest BCUT2D eigenvalue weighted by Gasteiger charge is -2.23. The van der Waals surface area contributed by atoms with Gasteiger partial charge in [-0.2, -0.15) is 0 Å². The molecule has 0 aromatic heterocycles. The molecule has 1 aromatic carbocycles. The third kappa shape index (κ3) is 8.00. The van der Waals surface area contributed by atoms with Gasteiger partial charge in [-0.1, -0.05) is 12.1 Å². The standard InChI is InChI=1S/C18H29NO4/c1-18(2,3)23-16-8-6-15(7-9-16)14-17(20)19(10-12-21-4)11-13-22-5/h6-9H,10-14H2,1-5H3. The first kappa shape index (κ1) is 19.5. The van der Waals surface area contributed by atoms with Crippen molar-refractivity contribution >= 4 is 5.91 Å². The highest BCUT2D eigenvalue weighted by molar-refractivity contribution is 5.78. The van der Waals surface area contributed by atoms with Crippen LogP contribution >= 0.6 is 0 Å². The van der Waals surface area contributed by atoms with E-state index in [2.05, 4.69) is 0 Å². The molecule has 0 spiro atoms. The van der Waals surface area contributed by atoms with Crippen molar-refractivity contribution in [1.29, 1.82) is 0 Å². The highest BCUT2D eigenvalue weighted by Crippen LogP contribution is 2.19. The summed E-state index contributed by atoms with van der Waals surface area (Å²) < 4.78 is 15.9. The number of hydrogen-bond donors (Lipinski definition) is 0. The smallest absolute Gasteiger partial charge is 0.227 e. The summed E-state index contributed by atoms with van der Waals surface area (Å²) in [5.74, 6) is 0.882. The number of rotatable bonds is 9. The Kier molecular flexibility index (Phi) is 8.06. The quantitative estimate of drug-likeness (QED) is 0.701. The minimum absolute atomic E-state index is 0.0728. The molecular weight excluding hydrogens is 294 g/mol. The van der Waals surface area contributed by atoms with Crippen LogP contribution in [-0.2, 0) is 20.7 Å². The fourth-order valence-electron chi connectivity index (χ4n) is 2.08. The van der Waals surface area contributed by atoms with Crippen LogP contribution in [0.2, 0.25) is 0 Å². The van der Waals surface area contributed by atoms with Crippen molar-refractivity contribution in [2.75, 3.05) is 40.5 Å². The largest absolute Gasteiger partial charge is 0.488 e. The fraction of sp³-hybridized carbons (Fsp3) is 0.611. The summed E-state index contributed by atoms with van der Waals surface area (Å²) in [7, 11) is 3.26. The Hall–Kier alpha value is -1.59. The molecule has 0 N–H and O–H groups in total. The molecule has 0 fully saturated rings. The highest BCUT2D eigenvalue weighted by atomic mass is 16.5. The third-order valence-electron chi connectivity index (χ3n) is 3.19. The Morgan fingerprint density at radius 2 is 1.52 bits per heavy atom. The van der Waals surface area contributed by atoms with Crippen LogP contribution in [0, 0.1) is 0 Å². The molecule has 0 heterocycles. The number of benzene rings is 1. The predicted octanol–water partition coefficient (Wildman–Crippen LogP) is 2.53. The van der Waals surface area contributed by atoms with E-state index in [1.807, 2.05) is 45.0 Å². The number of methoxy groups -OCH3 is 2. The van der Waals surface area contributed by atoms with Gasteiger partial charge in [-0.3, -0.25) is 4.79 Å². The Morgan fingerprint density at radius 3 is 1.96 bits per heavy atom. The van der Waals surface area contributed by atoms with Gasteiger partial charge in [0.05, 0.1) is 19.6 Å². The predicted molar refractivity (Wildman–Crippen MR) is 90.9 cm³/mol. The molecule has 0 aliphatic heterocycles. The Labute approximate surface area is 139 Å². The molecule has 1 rings (SSSR count). The van der Waals surface area contributed by atoms with Gasteiger partial charge in [-0.25, -0.2) is 0 Å². The summed E-state index contributed by atoms with van der Waals surface area (Å²) in [5.41, 5.74) is 0.741. The maximum absolute atomic E-state index is 12.4. The third-order valence-corrected chi connectivity index (χ3v) is 3.19. The summed E-state index contributed by atoms with van der Waals surface area (Å²) in [5, 5.41) is 0. The van der Waals surface area contributed by atoms with Gasteiger partial charge >= 0.3 is 0 Å². The van der Waals surface area contributed by atoms with Gasteiger partial charge in [0, 0.05) is 27.3 Å². The maximum Gasteiger partial charge on any atom is 0.227 e. The van der Waals surface area contributed by atoms with Gasteiger partial charge < -0.3 is 19.1 Å². The second-order valence-electron chi connectivity index (χ2n) is 6.40. The molecular formula is C18H29NO4. The van der Waals surface area contributed by atoms with Gasteiger partial charge in [0.25, 0.3) is 0 Å². The Balaban J connectivity index is 2.62. The van der Waals surface area contributed by atoms with Gasteiger partial charge in [0.2, 0.25) is 5.91 Å². The van der Waals surface area contributed by atoms with E-state index in [-0.39, 0.29) is 11.5 Å². The zero-order valence-corrected chi connectivity index (χ0v) is 14.9. The number of ether oxygens (including phenoxy) is 3. The first-order valence-corrected chi connectivity index (χ1v) is 7.89. The van der Waals surface area contributed by atoms with Crippen LogP contribution in [0.4, 0.5) is 0 Å². The van der Waals surface area contributed by atoms with Crippen molar-refractivity contribution < 1.29 is 19.0 Å². The van der Waals surface area contributed by atoms with E-state index in [1.165, 1.54) is 0 Å². The zero-order chi connectivity index (χ0) is 17.3. The van der Waals surface area contributed by atoms with E-state index in [0.717, 1.165) is 11.3 Å². The molecule has 0 radical (unpaired) electrons.